The van der Waals surface area contributed by atoms with E-state index < -0.39 is 0 Å². The van der Waals surface area contributed by atoms with Crippen LogP contribution in [0.25, 0.3) is 11.4 Å². The van der Waals surface area contributed by atoms with Gasteiger partial charge in [-0.1, -0.05) is 42.1 Å². The Morgan fingerprint density at radius 1 is 1.27 bits per heavy atom. The fraction of sp³-hybridized carbons (Fsp3) is 0.316. The molecule has 3 aromatic rings. The highest BCUT2D eigenvalue weighted by atomic mass is 32.2. The highest BCUT2D eigenvalue weighted by Crippen LogP contribution is 2.39. The van der Waals surface area contributed by atoms with Gasteiger partial charge in [0.2, 0.25) is 5.91 Å². The minimum absolute atomic E-state index is 0.00904. The molecule has 134 valence electrons. The topological polar surface area (TPSA) is 59.8 Å². The Morgan fingerprint density at radius 3 is 2.92 bits per heavy atom. The number of hydrogen-bond donors (Lipinski definition) is 1. The van der Waals surface area contributed by atoms with Crippen LogP contribution in [0, 0.1) is 0 Å². The first-order valence-corrected chi connectivity index (χ1v) is 10.4. The summed E-state index contributed by atoms with van der Waals surface area (Å²) < 4.78 is 2.17. The summed E-state index contributed by atoms with van der Waals surface area (Å²) in [5.41, 5.74) is 2.30. The van der Waals surface area contributed by atoms with Crippen LogP contribution < -0.4 is 5.32 Å². The summed E-state index contributed by atoms with van der Waals surface area (Å²) in [7, 11) is 0. The molecule has 1 N–H and O–H groups in total. The van der Waals surface area contributed by atoms with E-state index in [2.05, 4.69) is 52.1 Å². The first kappa shape index (κ1) is 17.3. The molecule has 5 nitrogen and oxygen atoms in total. The molecule has 26 heavy (non-hydrogen) atoms. The molecule has 3 heterocycles. The van der Waals surface area contributed by atoms with Crippen LogP contribution in [0.3, 0.4) is 0 Å². The third-order valence-electron chi connectivity index (χ3n) is 4.49. The van der Waals surface area contributed by atoms with Crippen molar-refractivity contribution in [1.82, 2.24) is 20.1 Å². The zero-order chi connectivity index (χ0) is 18.1. The van der Waals surface area contributed by atoms with Gasteiger partial charge in [-0.15, -0.1) is 21.5 Å². The van der Waals surface area contributed by atoms with Gasteiger partial charge in [0, 0.05) is 16.0 Å². The van der Waals surface area contributed by atoms with Crippen LogP contribution in [0.2, 0.25) is 0 Å². The maximum Gasteiger partial charge on any atom is 0.230 e. The Kier molecular flexibility index (Phi) is 4.58. The van der Waals surface area contributed by atoms with Gasteiger partial charge in [-0.25, -0.2) is 0 Å². The van der Waals surface area contributed by atoms with Gasteiger partial charge >= 0.3 is 0 Å². The molecule has 0 atom stereocenters. The molecule has 2 aromatic heterocycles. The standard InChI is InChI=1S/C19H20N4OS2/c1-19(2)10-13-6-3-4-8-15(13)17-21-22-18(23(17)19)26-12-16(24)20-11-14-7-5-9-25-14/h3-9H,10-12H2,1-2H3,(H,20,24). The van der Waals surface area contributed by atoms with Gasteiger partial charge in [0.05, 0.1) is 12.3 Å². The van der Waals surface area contributed by atoms with Crippen molar-refractivity contribution in [3.63, 3.8) is 0 Å². The molecule has 1 aliphatic heterocycles. The number of rotatable bonds is 5. The molecule has 1 aliphatic rings. The van der Waals surface area contributed by atoms with Crippen molar-refractivity contribution >= 4 is 29.0 Å². The average Bonchev–Trinajstić information content (AvgIpc) is 3.28. The second-order valence-corrected chi connectivity index (χ2v) is 8.91. The highest BCUT2D eigenvalue weighted by molar-refractivity contribution is 7.99. The number of aromatic nitrogens is 3. The molecule has 0 bridgehead atoms. The first-order valence-electron chi connectivity index (χ1n) is 8.51. The number of benzene rings is 1. The SMILES string of the molecule is CC1(C)Cc2ccccc2-c2nnc(SCC(=O)NCc3cccs3)n21. The molecule has 0 radical (unpaired) electrons. The summed E-state index contributed by atoms with van der Waals surface area (Å²) in [6, 6.07) is 12.3. The lowest BCUT2D eigenvalue weighted by Crippen LogP contribution is -2.34. The maximum atomic E-state index is 12.2. The number of thioether (sulfide) groups is 1. The molecule has 4 rings (SSSR count). The smallest absolute Gasteiger partial charge is 0.230 e. The lowest BCUT2D eigenvalue weighted by atomic mass is 9.87. The Hall–Kier alpha value is -2.12. The summed E-state index contributed by atoms with van der Waals surface area (Å²) in [5, 5.41) is 14.6. The molecule has 0 saturated carbocycles. The summed E-state index contributed by atoms with van der Waals surface area (Å²) in [6.45, 7) is 4.96. The zero-order valence-corrected chi connectivity index (χ0v) is 16.4. The van der Waals surface area contributed by atoms with E-state index in [1.807, 2.05) is 23.6 Å². The summed E-state index contributed by atoms with van der Waals surface area (Å²) in [6.07, 6.45) is 0.923. The quantitative estimate of drug-likeness (QED) is 0.682. The fourth-order valence-corrected chi connectivity index (χ4v) is 4.87. The van der Waals surface area contributed by atoms with E-state index in [9.17, 15) is 4.79 Å². The molecular formula is C19H20N4OS2. The predicted molar refractivity (Wildman–Crippen MR) is 105 cm³/mol. The number of carbonyl (C=O) groups is 1. The fourth-order valence-electron chi connectivity index (χ4n) is 3.30. The summed E-state index contributed by atoms with van der Waals surface area (Å²) in [5.74, 6) is 1.23. The maximum absolute atomic E-state index is 12.2. The lowest BCUT2D eigenvalue weighted by Gasteiger charge is -2.34. The highest BCUT2D eigenvalue weighted by Gasteiger charge is 2.34. The molecule has 7 heteroatoms. The number of nitrogens with zero attached hydrogens (tertiary/aromatic N) is 3. The molecule has 0 fully saturated rings. The van der Waals surface area contributed by atoms with Crippen LogP contribution in [-0.4, -0.2) is 26.4 Å². The molecule has 1 amide bonds. The Labute approximate surface area is 160 Å². The van der Waals surface area contributed by atoms with E-state index in [4.69, 9.17) is 0 Å². The average molecular weight is 385 g/mol. The number of amides is 1. The van der Waals surface area contributed by atoms with Gasteiger partial charge in [-0.05, 0) is 37.3 Å². The van der Waals surface area contributed by atoms with Crippen molar-refractivity contribution in [2.45, 2.75) is 37.5 Å². The summed E-state index contributed by atoms with van der Waals surface area (Å²) >= 11 is 3.09. The van der Waals surface area contributed by atoms with E-state index in [1.54, 1.807) is 11.3 Å². The number of nitrogens with one attached hydrogen (secondary N) is 1. The Bertz CT molecular complexity index is 931. The second-order valence-electron chi connectivity index (χ2n) is 6.93. The lowest BCUT2D eigenvalue weighted by molar-refractivity contribution is -0.118. The minimum Gasteiger partial charge on any atom is -0.350 e. The minimum atomic E-state index is -0.122. The van der Waals surface area contributed by atoms with E-state index >= 15 is 0 Å². The van der Waals surface area contributed by atoms with Gasteiger partial charge in [-0.2, -0.15) is 0 Å². The van der Waals surface area contributed by atoms with E-state index in [0.29, 0.717) is 12.3 Å². The molecule has 0 spiro atoms. The van der Waals surface area contributed by atoms with Gasteiger partial charge < -0.3 is 5.32 Å². The van der Waals surface area contributed by atoms with Crippen molar-refractivity contribution in [2.75, 3.05) is 5.75 Å². The van der Waals surface area contributed by atoms with Crippen LogP contribution in [0.5, 0.6) is 0 Å². The molecule has 0 unspecified atom stereocenters. The zero-order valence-electron chi connectivity index (χ0n) is 14.7. The van der Waals surface area contributed by atoms with Gasteiger partial charge in [0.1, 0.15) is 0 Å². The first-order chi connectivity index (χ1) is 12.5. The third kappa shape index (κ3) is 3.29. The third-order valence-corrected chi connectivity index (χ3v) is 6.30. The molecule has 0 aliphatic carbocycles. The van der Waals surface area contributed by atoms with Crippen molar-refractivity contribution in [2.24, 2.45) is 0 Å². The normalized spacial score (nSPS) is 14.5. The summed E-state index contributed by atoms with van der Waals surface area (Å²) in [4.78, 5) is 13.3. The van der Waals surface area contributed by atoms with E-state index in [-0.39, 0.29) is 11.4 Å². The van der Waals surface area contributed by atoms with Crippen LogP contribution in [0.15, 0.2) is 46.9 Å². The van der Waals surface area contributed by atoms with Gasteiger partial charge in [-0.3, -0.25) is 9.36 Å². The van der Waals surface area contributed by atoms with E-state index in [1.165, 1.54) is 17.3 Å². The van der Waals surface area contributed by atoms with Gasteiger partial charge in [0.15, 0.2) is 11.0 Å². The van der Waals surface area contributed by atoms with Gasteiger partial charge in [0.25, 0.3) is 0 Å². The van der Waals surface area contributed by atoms with Crippen LogP contribution in [0.1, 0.15) is 24.3 Å². The van der Waals surface area contributed by atoms with Crippen LogP contribution >= 0.6 is 23.1 Å². The van der Waals surface area contributed by atoms with Crippen LogP contribution in [0.4, 0.5) is 0 Å². The molecule has 0 saturated heterocycles. The van der Waals surface area contributed by atoms with Crippen molar-refractivity contribution < 1.29 is 4.79 Å². The number of carbonyl (C=O) groups excluding carboxylic acids is 1. The Morgan fingerprint density at radius 2 is 2.12 bits per heavy atom. The monoisotopic (exact) mass is 384 g/mol. The van der Waals surface area contributed by atoms with E-state index in [0.717, 1.165) is 27.8 Å². The number of thiophene rings is 1. The number of fused-ring (bicyclic) bond motifs is 3. The predicted octanol–water partition coefficient (Wildman–Crippen LogP) is 3.71. The van der Waals surface area contributed by atoms with Crippen LogP contribution in [-0.2, 0) is 23.3 Å². The van der Waals surface area contributed by atoms with Crippen molar-refractivity contribution in [3.05, 3.63) is 52.2 Å². The Balaban J connectivity index is 1.49. The molecular weight excluding hydrogens is 364 g/mol. The number of hydrogen-bond acceptors (Lipinski definition) is 5. The largest absolute Gasteiger partial charge is 0.350 e. The molecule has 1 aromatic carbocycles. The second kappa shape index (κ2) is 6.89. The van der Waals surface area contributed by atoms with Crippen molar-refractivity contribution in [1.29, 1.82) is 0 Å². The van der Waals surface area contributed by atoms with Crippen molar-refractivity contribution in [3.8, 4) is 11.4 Å².